The van der Waals surface area contributed by atoms with E-state index in [0.717, 1.165) is 4.88 Å². The van der Waals surface area contributed by atoms with Gasteiger partial charge in [-0.3, -0.25) is 13.9 Å². The number of carbonyl (C=O) groups excluding carboxylic acids is 1. The SMILES string of the molecule is CC(C)NC(=O)Cn1c(=O)n(Cc2cccs2)c2ncccc21. The summed E-state index contributed by atoms with van der Waals surface area (Å²) < 4.78 is 3.09. The third-order valence-corrected chi connectivity index (χ3v) is 4.28. The predicted molar refractivity (Wildman–Crippen MR) is 90.7 cm³/mol. The summed E-state index contributed by atoms with van der Waals surface area (Å²) in [6.45, 7) is 4.24. The van der Waals surface area contributed by atoms with Gasteiger partial charge >= 0.3 is 5.69 Å². The van der Waals surface area contributed by atoms with Crippen LogP contribution in [0.25, 0.3) is 11.2 Å². The molecule has 0 saturated heterocycles. The lowest BCUT2D eigenvalue weighted by Crippen LogP contribution is -2.36. The van der Waals surface area contributed by atoms with Gasteiger partial charge in [0.05, 0.1) is 12.1 Å². The van der Waals surface area contributed by atoms with Gasteiger partial charge in [-0.05, 0) is 37.4 Å². The van der Waals surface area contributed by atoms with Crippen molar-refractivity contribution < 1.29 is 4.79 Å². The Morgan fingerprint density at radius 2 is 2.13 bits per heavy atom. The number of carbonyl (C=O) groups is 1. The average Bonchev–Trinajstić information content (AvgIpc) is 3.10. The Morgan fingerprint density at radius 3 is 2.83 bits per heavy atom. The first-order valence-electron chi connectivity index (χ1n) is 7.42. The van der Waals surface area contributed by atoms with Crippen LogP contribution in [0.15, 0.2) is 40.6 Å². The van der Waals surface area contributed by atoms with Gasteiger partial charge in [0.25, 0.3) is 0 Å². The highest BCUT2D eigenvalue weighted by molar-refractivity contribution is 7.09. The van der Waals surface area contributed by atoms with Gasteiger partial charge in [0.1, 0.15) is 6.54 Å². The first-order chi connectivity index (χ1) is 11.1. The van der Waals surface area contributed by atoms with Crippen LogP contribution < -0.4 is 11.0 Å². The van der Waals surface area contributed by atoms with E-state index in [1.807, 2.05) is 37.4 Å². The molecule has 1 amide bonds. The molecule has 3 aromatic heterocycles. The number of imidazole rings is 1. The molecule has 0 aromatic carbocycles. The van der Waals surface area contributed by atoms with Crippen LogP contribution >= 0.6 is 11.3 Å². The van der Waals surface area contributed by atoms with E-state index in [0.29, 0.717) is 17.7 Å². The first-order valence-corrected chi connectivity index (χ1v) is 8.30. The van der Waals surface area contributed by atoms with Crippen molar-refractivity contribution in [1.29, 1.82) is 0 Å². The number of hydrogen-bond donors (Lipinski definition) is 1. The maximum absolute atomic E-state index is 12.7. The van der Waals surface area contributed by atoms with E-state index in [1.54, 1.807) is 28.2 Å². The van der Waals surface area contributed by atoms with E-state index < -0.39 is 0 Å². The third-order valence-electron chi connectivity index (χ3n) is 3.42. The van der Waals surface area contributed by atoms with Crippen molar-refractivity contribution in [1.82, 2.24) is 19.4 Å². The van der Waals surface area contributed by atoms with Crippen LogP contribution in [0.5, 0.6) is 0 Å². The Hall–Kier alpha value is -2.41. The second-order valence-electron chi connectivity index (χ2n) is 5.60. The molecule has 7 heteroatoms. The van der Waals surface area contributed by atoms with E-state index in [2.05, 4.69) is 10.3 Å². The normalized spacial score (nSPS) is 11.3. The fourth-order valence-corrected chi connectivity index (χ4v) is 3.20. The molecule has 0 aliphatic rings. The zero-order valence-corrected chi connectivity index (χ0v) is 13.8. The monoisotopic (exact) mass is 330 g/mol. The molecule has 0 atom stereocenters. The van der Waals surface area contributed by atoms with Crippen LogP contribution in [0.4, 0.5) is 0 Å². The Balaban J connectivity index is 2.03. The van der Waals surface area contributed by atoms with E-state index in [4.69, 9.17) is 0 Å². The van der Waals surface area contributed by atoms with Crippen LogP contribution in [0.3, 0.4) is 0 Å². The number of pyridine rings is 1. The highest BCUT2D eigenvalue weighted by Gasteiger charge is 2.17. The summed E-state index contributed by atoms with van der Waals surface area (Å²) in [5.41, 5.74) is 1.06. The molecular weight excluding hydrogens is 312 g/mol. The van der Waals surface area contributed by atoms with E-state index in [1.165, 1.54) is 4.57 Å². The molecule has 3 aromatic rings. The van der Waals surface area contributed by atoms with Gasteiger partial charge in [0.2, 0.25) is 5.91 Å². The molecule has 0 spiro atoms. The lowest BCUT2D eigenvalue weighted by atomic mass is 10.4. The minimum atomic E-state index is -0.217. The summed E-state index contributed by atoms with van der Waals surface area (Å²) in [6, 6.07) is 7.56. The van der Waals surface area contributed by atoms with Crippen molar-refractivity contribution in [2.75, 3.05) is 0 Å². The molecule has 0 saturated carbocycles. The fourth-order valence-electron chi connectivity index (χ4n) is 2.51. The predicted octanol–water partition coefficient (Wildman–Crippen LogP) is 1.83. The molecule has 0 aliphatic carbocycles. The minimum absolute atomic E-state index is 0.00333. The zero-order valence-electron chi connectivity index (χ0n) is 13.0. The molecule has 0 radical (unpaired) electrons. The maximum atomic E-state index is 12.7. The molecule has 6 nitrogen and oxygen atoms in total. The molecule has 0 aliphatic heterocycles. The lowest BCUT2D eigenvalue weighted by molar-refractivity contribution is -0.122. The topological polar surface area (TPSA) is 68.9 Å². The summed E-state index contributed by atoms with van der Waals surface area (Å²) in [6.07, 6.45) is 1.66. The average molecular weight is 330 g/mol. The summed E-state index contributed by atoms with van der Waals surface area (Å²) in [5.74, 6) is -0.180. The van der Waals surface area contributed by atoms with Crippen LogP contribution in [0.1, 0.15) is 18.7 Å². The Kier molecular flexibility index (Phi) is 4.29. The van der Waals surface area contributed by atoms with Crippen LogP contribution in [0, 0.1) is 0 Å². The van der Waals surface area contributed by atoms with Crippen LogP contribution in [-0.4, -0.2) is 26.1 Å². The summed E-state index contributed by atoms with van der Waals surface area (Å²) >= 11 is 1.59. The van der Waals surface area contributed by atoms with E-state index in [-0.39, 0.29) is 24.2 Å². The Bertz CT molecular complexity index is 877. The minimum Gasteiger partial charge on any atom is -0.352 e. The molecule has 3 heterocycles. The van der Waals surface area contributed by atoms with Crippen molar-refractivity contribution in [3.63, 3.8) is 0 Å². The molecule has 0 bridgehead atoms. The van der Waals surface area contributed by atoms with Crippen molar-refractivity contribution >= 4 is 28.4 Å². The fraction of sp³-hybridized carbons (Fsp3) is 0.312. The quantitative estimate of drug-likeness (QED) is 0.776. The van der Waals surface area contributed by atoms with Crippen molar-refractivity contribution in [3.8, 4) is 0 Å². The van der Waals surface area contributed by atoms with Gasteiger partial charge in [-0.15, -0.1) is 11.3 Å². The number of fused-ring (bicyclic) bond motifs is 1. The number of thiophene rings is 1. The van der Waals surface area contributed by atoms with Crippen molar-refractivity contribution in [3.05, 3.63) is 51.2 Å². The Labute approximate surface area is 137 Å². The summed E-state index contributed by atoms with van der Waals surface area (Å²) in [7, 11) is 0. The van der Waals surface area contributed by atoms with Crippen molar-refractivity contribution in [2.24, 2.45) is 0 Å². The van der Waals surface area contributed by atoms with E-state index in [9.17, 15) is 9.59 Å². The Morgan fingerprint density at radius 1 is 1.30 bits per heavy atom. The van der Waals surface area contributed by atoms with Crippen LogP contribution in [-0.2, 0) is 17.9 Å². The molecule has 3 rings (SSSR count). The number of nitrogens with one attached hydrogen (secondary N) is 1. The smallest absolute Gasteiger partial charge is 0.331 e. The number of amides is 1. The van der Waals surface area contributed by atoms with Crippen molar-refractivity contribution in [2.45, 2.75) is 33.0 Å². The first kappa shape index (κ1) is 15.5. The number of hydrogen-bond acceptors (Lipinski definition) is 4. The number of nitrogens with zero attached hydrogens (tertiary/aromatic N) is 3. The highest BCUT2D eigenvalue weighted by Crippen LogP contribution is 2.15. The largest absolute Gasteiger partial charge is 0.352 e. The standard InChI is InChI=1S/C16H18N4O2S/c1-11(2)18-14(21)10-19-13-6-3-7-17-15(13)20(16(19)22)9-12-5-4-8-23-12/h3-8,11H,9-10H2,1-2H3,(H,18,21). The second kappa shape index (κ2) is 6.37. The highest BCUT2D eigenvalue weighted by atomic mass is 32.1. The second-order valence-corrected chi connectivity index (χ2v) is 6.63. The lowest BCUT2D eigenvalue weighted by Gasteiger charge is -2.08. The van der Waals surface area contributed by atoms with Gasteiger partial charge in [-0.1, -0.05) is 6.07 Å². The molecular formula is C16H18N4O2S. The molecule has 0 unspecified atom stereocenters. The van der Waals surface area contributed by atoms with Gasteiger partial charge in [0, 0.05) is 17.1 Å². The summed E-state index contributed by atoms with van der Waals surface area (Å²) in [5, 5.41) is 4.79. The van der Waals surface area contributed by atoms with Gasteiger partial charge in [0.15, 0.2) is 5.65 Å². The number of aromatic nitrogens is 3. The number of rotatable bonds is 5. The maximum Gasteiger partial charge on any atom is 0.331 e. The zero-order chi connectivity index (χ0) is 16.4. The molecule has 1 N–H and O–H groups in total. The molecule has 23 heavy (non-hydrogen) atoms. The van der Waals surface area contributed by atoms with Gasteiger partial charge in [-0.2, -0.15) is 0 Å². The van der Waals surface area contributed by atoms with Gasteiger partial charge < -0.3 is 5.32 Å². The van der Waals surface area contributed by atoms with Crippen LogP contribution in [0.2, 0.25) is 0 Å². The summed E-state index contributed by atoms with van der Waals surface area (Å²) in [4.78, 5) is 30.2. The third kappa shape index (κ3) is 3.19. The molecule has 0 fully saturated rings. The van der Waals surface area contributed by atoms with E-state index >= 15 is 0 Å². The molecule has 120 valence electrons. The van der Waals surface area contributed by atoms with Gasteiger partial charge in [-0.25, -0.2) is 9.78 Å².